The number of hydrogen-bond acceptors (Lipinski definition) is 4. The highest BCUT2D eigenvalue weighted by molar-refractivity contribution is 8.00. The molecule has 3 rings (SSSR count). The van der Waals surface area contributed by atoms with Crippen LogP contribution in [0.4, 0.5) is 10.1 Å². The maximum atomic E-state index is 14.0. The number of thioether (sulfide) groups is 1. The number of carbonyl (C=O) groups is 1. The SMILES string of the molecule is C[C@@H](Sc1nnc(-c2ccccc2F)n1C)C(=O)N(C)c1ccccc1. The molecule has 3 aromatic rings. The summed E-state index contributed by atoms with van der Waals surface area (Å²) in [6.45, 7) is 1.82. The molecular formula is C19H19FN4OS. The molecule has 0 aliphatic carbocycles. The van der Waals surface area contributed by atoms with Gasteiger partial charge in [0.05, 0.1) is 10.8 Å². The third-order valence-electron chi connectivity index (χ3n) is 4.05. The van der Waals surface area contributed by atoms with Gasteiger partial charge in [-0.1, -0.05) is 42.1 Å². The highest BCUT2D eigenvalue weighted by Gasteiger charge is 2.23. The topological polar surface area (TPSA) is 51.0 Å². The Hall–Kier alpha value is -2.67. The van der Waals surface area contributed by atoms with E-state index in [1.54, 1.807) is 41.8 Å². The lowest BCUT2D eigenvalue weighted by Crippen LogP contribution is -2.33. The van der Waals surface area contributed by atoms with Crippen molar-refractivity contribution >= 4 is 23.4 Å². The molecular weight excluding hydrogens is 351 g/mol. The van der Waals surface area contributed by atoms with Crippen molar-refractivity contribution in [3.8, 4) is 11.4 Å². The van der Waals surface area contributed by atoms with Crippen LogP contribution in [0.25, 0.3) is 11.4 Å². The van der Waals surface area contributed by atoms with Gasteiger partial charge in [0, 0.05) is 19.8 Å². The van der Waals surface area contributed by atoms with E-state index in [0.29, 0.717) is 16.5 Å². The third-order valence-corrected chi connectivity index (χ3v) is 5.18. The van der Waals surface area contributed by atoms with Crippen LogP contribution in [-0.4, -0.2) is 33.0 Å². The van der Waals surface area contributed by atoms with Crippen LogP contribution >= 0.6 is 11.8 Å². The first kappa shape index (κ1) is 18.1. The van der Waals surface area contributed by atoms with Gasteiger partial charge in [-0.25, -0.2) is 4.39 Å². The van der Waals surface area contributed by atoms with E-state index in [4.69, 9.17) is 0 Å². The summed E-state index contributed by atoms with van der Waals surface area (Å²) in [4.78, 5) is 14.3. The fraction of sp³-hybridized carbons (Fsp3) is 0.211. The summed E-state index contributed by atoms with van der Waals surface area (Å²) in [6.07, 6.45) is 0. The number of anilines is 1. The molecule has 134 valence electrons. The molecule has 7 heteroatoms. The van der Waals surface area contributed by atoms with Crippen molar-refractivity contribution in [2.24, 2.45) is 7.05 Å². The molecule has 2 aromatic carbocycles. The van der Waals surface area contributed by atoms with E-state index < -0.39 is 0 Å². The molecule has 0 saturated carbocycles. The van der Waals surface area contributed by atoms with E-state index in [2.05, 4.69) is 10.2 Å². The van der Waals surface area contributed by atoms with Crippen LogP contribution in [0.5, 0.6) is 0 Å². The second kappa shape index (κ2) is 7.70. The lowest BCUT2D eigenvalue weighted by molar-refractivity contribution is -0.117. The average molecular weight is 370 g/mol. The second-order valence-electron chi connectivity index (χ2n) is 5.84. The average Bonchev–Trinajstić information content (AvgIpc) is 3.02. The molecule has 0 radical (unpaired) electrons. The predicted molar refractivity (Wildman–Crippen MR) is 102 cm³/mol. The van der Waals surface area contributed by atoms with Gasteiger partial charge in [0.2, 0.25) is 5.91 Å². The van der Waals surface area contributed by atoms with Gasteiger partial charge in [-0.05, 0) is 31.2 Å². The van der Waals surface area contributed by atoms with Gasteiger partial charge in [0.15, 0.2) is 11.0 Å². The standard InChI is InChI=1S/C19H19FN4OS/c1-13(18(25)23(2)14-9-5-4-6-10-14)26-19-22-21-17(24(19)3)15-11-7-8-12-16(15)20/h4-13H,1-3H3/t13-/m1/s1. The Bertz CT molecular complexity index is 913. The van der Waals surface area contributed by atoms with Crippen LogP contribution in [0.2, 0.25) is 0 Å². The molecule has 0 aliphatic heterocycles. The van der Waals surface area contributed by atoms with Crippen molar-refractivity contribution in [1.82, 2.24) is 14.8 Å². The lowest BCUT2D eigenvalue weighted by Gasteiger charge is -2.20. The van der Waals surface area contributed by atoms with Crippen LogP contribution in [0.3, 0.4) is 0 Å². The number of nitrogens with zero attached hydrogens (tertiary/aromatic N) is 4. The molecule has 0 N–H and O–H groups in total. The normalized spacial score (nSPS) is 12.0. The van der Waals surface area contributed by atoms with Crippen LogP contribution in [-0.2, 0) is 11.8 Å². The van der Waals surface area contributed by atoms with Crippen molar-refractivity contribution < 1.29 is 9.18 Å². The van der Waals surface area contributed by atoms with Crippen LogP contribution in [0.15, 0.2) is 59.8 Å². The predicted octanol–water partition coefficient (Wildman–Crippen LogP) is 3.76. The first-order valence-electron chi connectivity index (χ1n) is 8.12. The van der Waals surface area contributed by atoms with E-state index in [9.17, 15) is 9.18 Å². The molecule has 0 spiro atoms. The van der Waals surface area contributed by atoms with Gasteiger partial charge in [-0.15, -0.1) is 10.2 Å². The van der Waals surface area contributed by atoms with Gasteiger partial charge in [0.1, 0.15) is 5.82 Å². The van der Waals surface area contributed by atoms with E-state index in [1.165, 1.54) is 17.8 Å². The van der Waals surface area contributed by atoms with Gasteiger partial charge in [-0.2, -0.15) is 0 Å². The minimum atomic E-state index is -0.364. The highest BCUT2D eigenvalue weighted by Crippen LogP contribution is 2.28. The fourth-order valence-corrected chi connectivity index (χ4v) is 3.46. The Morgan fingerprint density at radius 1 is 1.12 bits per heavy atom. The highest BCUT2D eigenvalue weighted by atomic mass is 32.2. The Morgan fingerprint density at radius 3 is 2.46 bits per heavy atom. The summed E-state index contributed by atoms with van der Waals surface area (Å²) in [6, 6.07) is 15.9. The zero-order valence-electron chi connectivity index (χ0n) is 14.8. The van der Waals surface area contributed by atoms with E-state index in [-0.39, 0.29) is 17.0 Å². The number of aromatic nitrogens is 3. The third kappa shape index (κ3) is 3.62. The molecule has 0 bridgehead atoms. The lowest BCUT2D eigenvalue weighted by atomic mass is 10.2. The maximum Gasteiger partial charge on any atom is 0.240 e. The summed E-state index contributed by atoms with van der Waals surface area (Å²) in [5.74, 6) is 0.0331. The maximum absolute atomic E-state index is 14.0. The Kier molecular flexibility index (Phi) is 5.37. The zero-order chi connectivity index (χ0) is 18.7. The summed E-state index contributed by atoms with van der Waals surface area (Å²) >= 11 is 1.30. The fourth-order valence-electron chi connectivity index (χ4n) is 2.55. The number of carbonyl (C=O) groups excluding carboxylic acids is 1. The number of amides is 1. The molecule has 0 fully saturated rings. The minimum Gasteiger partial charge on any atom is -0.315 e. The van der Waals surface area contributed by atoms with Crippen LogP contribution < -0.4 is 4.90 Å². The number of para-hydroxylation sites is 1. The Balaban J connectivity index is 1.77. The summed E-state index contributed by atoms with van der Waals surface area (Å²) in [5, 5.41) is 8.41. The van der Waals surface area contributed by atoms with Crippen molar-refractivity contribution in [3.63, 3.8) is 0 Å². The zero-order valence-corrected chi connectivity index (χ0v) is 15.6. The minimum absolute atomic E-state index is 0.0448. The summed E-state index contributed by atoms with van der Waals surface area (Å²) < 4.78 is 15.7. The van der Waals surface area contributed by atoms with Crippen molar-refractivity contribution in [2.45, 2.75) is 17.3 Å². The Labute approximate surface area is 155 Å². The number of rotatable bonds is 5. The van der Waals surface area contributed by atoms with Crippen molar-refractivity contribution in [2.75, 3.05) is 11.9 Å². The molecule has 1 heterocycles. The molecule has 1 atom stereocenters. The Morgan fingerprint density at radius 2 is 1.77 bits per heavy atom. The van der Waals surface area contributed by atoms with E-state index in [0.717, 1.165) is 5.69 Å². The molecule has 5 nitrogen and oxygen atoms in total. The van der Waals surface area contributed by atoms with Crippen LogP contribution in [0, 0.1) is 5.82 Å². The van der Waals surface area contributed by atoms with E-state index in [1.807, 2.05) is 37.3 Å². The largest absolute Gasteiger partial charge is 0.315 e. The second-order valence-corrected chi connectivity index (χ2v) is 7.15. The number of halogens is 1. The van der Waals surface area contributed by atoms with E-state index >= 15 is 0 Å². The molecule has 26 heavy (non-hydrogen) atoms. The molecule has 0 unspecified atom stereocenters. The summed E-state index contributed by atoms with van der Waals surface area (Å²) in [7, 11) is 3.51. The first-order valence-corrected chi connectivity index (χ1v) is 9.00. The van der Waals surface area contributed by atoms with Gasteiger partial charge >= 0.3 is 0 Å². The number of hydrogen-bond donors (Lipinski definition) is 0. The van der Waals surface area contributed by atoms with Crippen molar-refractivity contribution in [1.29, 1.82) is 0 Å². The summed E-state index contributed by atoms with van der Waals surface area (Å²) in [5.41, 5.74) is 1.21. The molecule has 1 aromatic heterocycles. The van der Waals surface area contributed by atoms with Gasteiger partial charge in [0.25, 0.3) is 0 Å². The first-order chi connectivity index (χ1) is 12.5. The van der Waals surface area contributed by atoms with Gasteiger partial charge < -0.3 is 9.47 Å². The molecule has 1 amide bonds. The monoisotopic (exact) mass is 370 g/mol. The van der Waals surface area contributed by atoms with Gasteiger partial charge in [-0.3, -0.25) is 4.79 Å². The van der Waals surface area contributed by atoms with Crippen LogP contribution in [0.1, 0.15) is 6.92 Å². The molecule has 0 saturated heterocycles. The smallest absolute Gasteiger partial charge is 0.240 e. The quantitative estimate of drug-likeness (QED) is 0.642. The van der Waals surface area contributed by atoms with Crippen molar-refractivity contribution in [3.05, 3.63) is 60.4 Å². The molecule has 0 aliphatic rings. The number of benzene rings is 2.